The highest BCUT2D eigenvalue weighted by Gasteiger charge is 2.13. The van der Waals surface area contributed by atoms with Crippen molar-refractivity contribution in [1.82, 2.24) is 10.3 Å². The minimum absolute atomic E-state index is 0.152. The van der Waals surface area contributed by atoms with Gasteiger partial charge in [0.05, 0.1) is 11.4 Å². The number of nitrogens with one attached hydrogen (secondary N) is 2. The van der Waals surface area contributed by atoms with Crippen LogP contribution < -0.4 is 15.4 Å². The molecule has 1 atom stereocenters. The topological polar surface area (TPSA) is 46.2 Å². The maximum atomic E-state index is 13.7. The van der Waals surface area contributed by atoms with E-state index >= 15 is 0 Å². The number of fused-ring (bicyclic) bond motifs is 1. The molecule has 21 heavy (non-hydrogen) atoms. The van der Waals surface area contributed by atoms with Crippen molar-refractivity contribution in [2.75, 3.05) is 18.5 Å². The fraction of sp³-hybridized carbons (Fsp3) is 0.312. The molecule has 110 valence electrons. The van der Waals surface area contributed by atoms with Crippen molar-refractivity contribution in [1.29, 1.82) is 0 Å². The Hall–Kier alpha value is -2.14. The first-order chi connectivity index (χ1) is 10.2. The molecule has 0 unspecified atom stereocenters. The molecule has 5 heteroatoms. The van der Waals surface area contributed by atoms with Gasteiger partial charge in [0, 0.05) is 25.3 Å². The van der Waals surface area contributed by atoms with E-state index in [0.29, 0.717) is 18.8 Å². The molecule has 0 aliphatic carbocycles. The number of rotatable bonds is 4. The average molecular weight is 287 g/mol. The first kappa shape index (κ1) is 13.8. The molecule has 2 heterocycles. The fourth-order valence-corrected chi connectivity index (χ4v) is 2.37. The standard InChI is InChI=1S/C16H18FN3O/c1-11(16-13(17)3-2-6-19-16)20-10-12-4-5-14-15(9-12)21-8-7-18-14/h2-6,9,11,18,20H,7-8,10H2,1H3/t11-/m1/s1. The highest BCUT2D eigenvalue weighted by Crippen LogP contribution is 2.28. The van der Waals surface area contributed by atoms with Gasteiger partial charge in [0.25, 0.3) is 0 Å². The van der Waals surface area contributed by atoms with Gasteiger partial charge in [0.1, 0.15) is 18.2 Å². The molecule has 0 bridgehead atoms. The second kappa shape index (κ2) is 6.10. The normalized spacial score (nSPS) is 14.8. The lowest BCUT2D eigenvalue weighted by Gasteiger charge is -2.20. The summed E-state index contributed by atoms with van der Waals surface area (Å²) >= 11 is 0. The zero-order chi connectivity index (χ0) is 14.7. The Morgan fingerprint density at radius 2 is 2.33 bits per heavy atom. The summed E-state index contributed by atoms with van der Waals surface area (Å²) < 4.78 is 19.3. The van der Waals surface area contributed by atoms with Crippen LogP contribution in [0.25, 0.3) is 0 Å². The first-order valence-corrected chi connectivity index (χ1v) is 7.07. The van der Waals surface area contributed by atoms with Crippen LogP contribution in [0.2, 0.25) is 0 Å². The van der Waals surface area contributed by atoms with Gasteiger partial charge in [-0.2, -0.15) is 0 Å². The number of hydrogen-bond donors (Lipinski definition) is 2. The van der Waals surface area contributed by atoms with Gasteiger partial charge in [-0.05, 0) is 36.8 Å². The molecule has 1 aromatic heterocycles. The van der Waals surface area contributed by atoms with Gasteiger partial charge < -0.3 is 15.4 Å². The second-order valence-electron chi connectivity index (χ2n) is 5.08. The van der Waals surface area contributed by atoms with Crippen molar-refractivity contribution in [2.24, 2.45) is 0 Å². The van der Waals surface area contributed by atoms with E-state index in [-0.39, 0.29) is 11.9 Å². The summed E-state index contributed by atoms with van der Waals surface area (Å²) in [6.45, 7) is 4.05. The molecular weight excluding hydrogens is 269 g/mol. The Balaban J connectivity index is 1.66. The molecule has 3 rings (SSSR count). The quantitative estimate of drug-likeness (QED) is 0.907. The van der Waals surface area contributed by atoms with E-state index in [1.807, 2.05) is 25.1 Å². The van der Waals surface area contributed by atoms with Crippen LogP contribution in [0.15, 0.2) is 36.5 Å². The molecule has 2 aromatic rings. The van der Waals surface area contributed by atoms with Gasteiger partial charge in [-0.25, -0.2) is 4.39 Å². The lowest BCUT2D eigenvalue weighted by molar-refractivity contribution is 0.323. The van der Waals surface area contributed by atoms with Crippen LogP contribution in [0.3, 0.4) is 0 Å². The SMILES string of the molecule is C[C@@H](NCc1ccc2c(c1)OCCN2)c1ncccc1F. The van der Waals surface area contributed by atoms with Crippen LogP contribution >= 0.6 is 0 Å². The molecule has 0 amide bonds. The van der Waals surface area contributed by atoms with E-state index in [9.17, 15) is 4.39 Å². The van der Waals surface area contributed by atoms with Crippen molar-refractivity contribution < 1.29 is 9.13 Å². The predicted octanol–water partition coefficient (Wildman–Crippen LogP) is 2.88. The Bertz CT molecular complexity index is 633. The zero-order valence-electron chi connectivity index (χ0n) is 11.9. The van der Waals surface area contributed by atoms with Crippen molar-refractivity contribution >= 4 is 5.69 Å². The van der Waals surface area contributed by atoms with Gasteiger partial charge in [0.2, 0.25) is 0 Å². The summed E-state index contributed by atoms with van der Waals surface area (Å²) in [5.41, 5.74) is 2.56. The zero-order valence-corrected chi connectivity index (χ0v) is 11.9. The Morgan fingerprint density at radius 3 is 3.19 bits per heavy atom. The largest absolute Gasteiger partial charge is 0.490 e. The molecule has 0 radical (unpaired) electrons. The molecule has 1 aliphatic rings. The predicted molar refractivity (Wildman–Crippen MR) is 79.9 cm³/mol. The van der Waals surface area contributed by atoms with Gasteiger partial charge >= 0.3 is 0 Å². The van der Waals surface area contributed by atoms with E-state index in [1.165, 1.54) is 6.07 Å². The minimum atomic E-state index is -0.282. The third-order valence-corrected chi connectivity index (χ3v) is 3.53. The van der Waals surface area contributed by atoms with Crippen LogP contribution in [0.4, 0.5) is 10.1 Å². The van der Waals surface area contributed by atoms with Gasteiger partial charge in [-0.15, -0.1) is 0 Å². The van der Waals surface area contributed by atoms with Crippen LogP contribution in [0, 0.1) is 5.82 Å². The van der Waals surface area contributed by atoms with Crippen molar-refractivity contribution in [3.8, 4) is 5.75 Å². The molecule has 0 spiro atoms. The number of halogens is 1. The number of nitrogens with zero attached hydrogens (tertiary/aromatic N) is 1. The van der Waals surface area contributed by atoms with Gasteiger partial charge in [-0.3, -0.25) is 4.98 Å². The minimum Gasteiger partial charge on any atom is -0.490 e. The van der Waals surface area contributed by atoms with E-state index in [2.05, 4.69) is 15.6 Å². The van der Waals surface area contributed by atoms with Crippen molar-refractivity contribution in [3.63, 3.8) is 0 Å². The summed E-state index contributed by atoms with van der Waals surface area (Å²) in [4.78, 5) is 4.09. The summed E-state index contributed by atoms with van der Waals surface area (Å²) in [5, 5.41) is 6.57. The molecule has 0 saturated heterocycles. The average Bonchev–Trinajstić information content (AvgIpc) is 2.53. The second-order valence-corrected chi connectivity index (χ2v) is 5.08. The molecular formula is C16H18FN3O. The number of benzene rings is 1. The highest BCUT2D eigenvalue weighted by atomic mass is 19.1. The number of anilines is 1. The third-order valence-electron chi connectivity index (χ3n) is 3.53. The smallest absolute Gasteiger partial charge is 0.146 e. The fourth-order valence-electron chi connectivity index (χ4n) is 2.37. The van der Waals surface area contributed by atoms with Crippen LogP contribution in [-0.2, 0) is 6.54 Å². The van der Waals surface area contributed by atoms with Gasteiger partial charge in [0.15, 0.2) is 0 Å². The Kier molecular flexibility index (Phi) is 4.01. The monoisotopic (exact) mass is 287 g/mol. The van der Waals surface area contributed by atoms with Crippen molar-refractivity contribution in [3.05, 3.63) is 53.6 Å². The number of ether oxygens (including phenoxy) is 1. The maximum absolute atomic E-state index is 13.7. The Labute approximate surface area is 123 Å². The van der Waals surface area contributed by atoms with Crippen LogP contribution in [0.1, 0.15) is 24.2 Å². The molecule has 0 saturated carbocycles. The van der Waals surface area contributed by atoms with Gasteiger partial charge in [-0.1, -0.05) is 6.07 Å². The third kappa shape index (κ3) is 3.13. The molecule has 4 nitrogen and oxygen atoms in total. The first-order valence-electron chi connectivity index (χ1n) is 7.07. The lowest BCUT2D eigenvalue weighted by Crippen LogP contribution is -2.21. The number of pyridine rings is 1. The Morgan fingerprint density at radius 1 is 1.43 bits per heavy atom. The lowest BCUT2D eigenvalue weighted by atomic mass is 10.1. The number of hydrogen-bond acceptors (Lipinski definition) is 4. The molecule has 1 aromatic carbocycles. The molecule has 1 aliphatic heterocycles. The van der Waals surface area contributed by atoms with Crippen LogP contribution in [0.5, 0.6) is 5.75 Å². The highest BCUT2D eigenvalue weighted by molar-refractivity contribution is 5.58. The van der Waals surface area contributed by atoms with Crippen LogP contribution in [-0.4, -0.2) is 18.1 Å². The maximum Gasteiger partial charge on any atom is 0.146 e. The summed E-state index contributed by atoms with van der Waals surface area (Å²) in [6.07, 6.45) is 1.61. The molecule has 0 fully saturated rings. The molecule has 2 N–H and O–H groups in total. The summed E-state index contributed by atoms with van der Waals surface area (Å²) in [7, 11) is 0. The van der Waals surface area contributed by atoms with E-state index in [0.717, 1.165) is 23.5 Å². The number of aromatic nitrogens is 1. The van der Waals surface area contributed by atoms with Crippen molar-refractivity contribution in [2.45, 2.75) is 19.5 Å². The van der Waals surface area contributed by atoms with E-state index in [4.69, 9.17) is 4.74 Å². The van der Waals surface area contributed by atoms with E-state index in [1.54, 1.807) is 12.3 Å². The summed E-state index contributed by atoms with van der Waals surface area (Å²) in [5.74, 6) is 0.590. The summed E-state index contributed by atoms with van der Waals surface area (Å²) in [6, 6.07) is 8.93. The van der Waals surface area contributed by atoms with E-state index < -0.39 is 0 Å².